The highest BCUT2D eigenvalue weighted by atomic mass is 35.5. The minimum Gasteiger partial charge on any atom is -0.496 e. The van der Waals surface area contributed by atoms with E-state index < -0.39 is 42.3 Å². The third-order valence-electron chi connectivity index (χ3n) is 7.12. The first-order chi connectivity index (χ1) is 21.0. The lowest BCUT2D eigenvalue weighted by molar-refractivity contribution is 0.199. The zero-order valence-corrected chi connectivity index (χ0v) is 27.7. The summed E-state index contributed by atoms with van der Waals surface area (Å²) in [5, 5.41) is 3.73. The Morgan fingerprint density at radius 1 is 1.00 bits per heavy atom. The van der Waals surface area contributed by atoms with E-state index in [-0.39, 0.29) is 46.0 Å². The third-order valence-corrected chi connectivity index (χ3v) is 9.61. The second kappa shape index (κ2) is 12.9. The summed E-state index contributed by atoms with van der Waals surface area (Å²) in [5.41, 5.74) is 0.283. The van der Waals surface area contributed by atoms with Crippen molar-refractivity contribution in [1.29, 1.82) is 0 Å². The maximum Gasteiger partial charge on any atom is 0.229 e. The first-order valence-corrected chi connectivity index (χ1v) is 16.3. The monoisotopic (exact) mass is 637 g/mol. The van der Waals surface area contributed by atoms with E-state index in [0.717, 1.165) is 0 Å². The normalized spacial score (nSPS) is 17.0. The number of nitrogens with one attached hydrogen (secondary N) is 3. The van der Waals surface area contributed by atoms with Crippen molar-refractivity contribution in [3.05, 3.63) is 58.7 Å². The van der Waals surface area contributed by atoms with E-state index in [9.17, 15) is 8.42 Å². The first-order valence-electron chi connectivity index (χ1n) is 14.3. The van der Waals surface area contributed by atoms with Gasteiger partial charge in [-0.2, -0.15) is 4.98 Å². The van der Waals surface area contributed by atoms with Crippen LogP contribution in [0.3, 0.4) is 0 Å². The van der Waals surface area contributed by atoms with E-state index in [1.54, 1.807) is 58.0 Å². The molecular weight excluding hydrogens is 608 g/mol. The van der Waals surface area contributed by atoms with Crippen molar-refractivity contribution in [3.8, 4) is 5.75 Å². The van der Waals surface area contributed by atoms with Crippen LogP contribution in [0.1, 0.15) is 57.6 Å². The van der Waals surface area contributed by atoms with Gasteiger partial charge in [0.1, 0.15) is 18.6 Å². The maximum atomic E-state index is 13.0. The number of anilines is 4. The topological polar surface area (TPSA) is 105 Å². The molecule has 0 bridgehead atoms. The predicted octanol–water partition coefficient (Wildman–Crippen LogP) is 2.15. The highest BCUT2D eigenvalue weighted by Gasteiger charge is 2.39. The van der Waals surface area contributed by atoms with Gasteiger partial charge in [-0.15, -0.1) is 5.11 Å². The molecule has 4 rings (SSSR count). The molecule has 1 aromatic heterocycles. The zero-order chi connectivity index (χ0) is 34.5. The molecule has 2 heterocycles. The molecule has 0 spiro atoms. The minimum atomic E-state index is -3.63. The van der Waals surface area contributed by atoms with Gasteiger partial charge in [0.05, 0.1) is 88.1 Å². The molecule has 1 fully saturated rings. The van der Waals surface area contributed by atoms with E-state index in [0.29, 0.717) is 16.8 Å². The van der Waals surface area contributed by atoms with Gasteiger partial charge >= 0.3 is 0 Å². The van der Waals surface area contributed by atoms with Crippen LogP contribution in [0.25, 0.3) is 0 Å². The van der Waals surface area contributed by atoms with Gasteiger partial charge in [0.2, 0.25) is 5.95 Å². The standard InChI is InChI=1S/C28H28B8ClN5O3S/c1-14(2)46(43,44)22-8-6-5-7-19(22)39-23-18(37)13-38-24(41-23)40-20-10-17(28(34,35)36)16(9-21(20)45-25(3,4)29)15-11-26(30,31)42-27(32,33)12-15/h5-10,13-15,42H,11-12H2,1-4H3,(H2,38,39,40,41). The van der Waals surface area contributed by atoms with Crippen LogP contribution in [0.5, 0.6) is 5.75 Å². The minimum absolute atomic E-state index is 0.0545. The molecule has 46 heavy (non-hydrogen) atoms. The smallest absolute Gasteiger partial charge is 0.229 e. The number of aromatic nitrogens is 2. The Morgan fingerprint density at radius 3 is 2.17 bits per heavy atom. The van der Waals surface area contributed by atoms with E-state index in [1.165, 1.54) is 12.3 Å². The van der Waals surface area contributed by atoms with E-state index in [1.807, 2.05) is 0 Å². The second-order valence-corrected chi connectivity index (χ2v) is 15.5. The number of hydrogen-bond donors (Lipinski definition) is 3. The van der Waals surface area contributed by atoms with Crippen molar-refractivity contribution >= 4 is 107 Å². The maximum absolute atomic E-state index is 13.0. The lowest BCUT2D eigenvalue weighted by Crippen LogP contribution is -2.64. The molecule has 0 atom stereocenters. The van der Waals surface area contributed by atoms with E-state index >= 15 is 0 Å². The molecular formula is C28H28B8ClN5O3S. The Hall–Kier alpha value is -2.36. The molecule has 0 saturated carbocycles. The molecule has 1 saturated heterocycles. The number of hydrogen-bond acceptors (Lipinski definition) is 8. The summed E-state index contributed by atoms with van der Waals surface area (Å²) in [6.45, 7) is 6.52. The SMILES string of the molecule is [B]C1([B])CC(c2cc(OC([B])(C)C)c(Nc3ncc(Cl)c(Nc4ccccc4S(=O)(=O)C(C)C)n3)cc2C([B])([B])[B])CC([B])([B])N1. The Morgan fingerprint density at radius 2 is 1.61 bits per heavy atom. The molecule has 0 aliphatic carbocycles. The van der Waals surface area contributed by atoms with Gasteiger partial charge in [-0.1, -0.05) is 40.0 Å². The van der Waals surface area contributed by atoms with Crippen LogP contribution in [-0.4, -0.2) is 103 Å². The molecule has 0 unspecified atom stereocenters. The molecule has 220 valence electrons. The van der Waals surface area contributed by atoms with Gasteiger partial charge in [0.15, 0.2) is 15.7 Å². The van der Waals surface area contributed by atoms with Crippen LogP contribution < -0.4 is 20.7 Å². The van der Waals surface area contributed by atoms with Crippen LogP contribution in [0, 0.1) is 0 Å². The molecule has 0 amide bonds. The summed E-state index contributed by atoms with van der Waals surface area (Å²) < 4.78 is 32.1. The van der Waals surface area contributed by atoms with Gasteiger partial charge in [0, 0.05) is 0 Å². The Kier molecular flexibility index (Phi) is 10.2. The Balaban J connectivity index is 1.80. The number of benzene rings is 2. The van der Waals surface area contributed by atoms with Gasteiger partial charge in [-0.3, -0.25) is 0 Å². The van der Waals surface area contributed by atoms with Gasteiger partial charge in [-0.05, 0) is 76.3 Å². The van der Waals surface area contributed by atoms with Crippen molar-refractivity contribution in [2.24, 2.45) is 0 Å². The summed E-state index contributed by atoms with van der Waals surface area (Å²) in [7, 11) is 46.3. The van der Waals surface area contributed by atoms with Crippen molar-refractivity contribution in [1.82, 2.24) is 15.3 Å². The molecule has 2 aromatic carbocycles. The third kappa shape index (κ3) is 8.75. The molecule has 18 heteroatoms. The van der Waals surface area contributed by atoms with Crippen LogP contribution in [0.4, 0.5) is 23.1 Å². The fourth-order valence-corrected chi connectivity index (χ4v) is 6.59. The highest BCUT2D eigenvalue weighted by molar-refractivity contribution is 7.92. The fraction of sp³-hybridized carbons (Fsp3) is 0.429. The lowest BCUT2D eigenvalue weighted by Gasteiger charge is -2.49. The lowest BCUT2D eigenvalue weighted by atomic mass is 9.38. The number of piperidine rings is 1. The predicted molar refractivity (Wildman–Crippen MR) is 192 cm³/mol. The number of rotatable bonds is 10. The van der Waals surface area contributed by atoms with Gasteiger partial charge in [-0.25, -0.2) is 13.4 Å². The zero-order valence-electron chi connectivity index (χ0n) is 26.1. The van der Waals surface area contributed by atoms with Crippen LogP contribution in [-0.2, 0) is 15.0 Å². The van der Waals surface area contributed by atoms with Crippen LogP contribution in [0.15, 0.2) is 47.5 Å². The largest absolute Gasteiger partial charge is 0.496 e. The summed E-state index contributed by atoms with van der Waals surface area (Å²) >= 11 is 6.43. The average Bonchev–Trinajstić information content (AvgIpc) is 2.88. The Labute approximate surface area is 287 Å². The summed E-state index contributed by atoms with van der Waals surface area (Å²) in [5.74, 6) is 0.000912. The number of para-hydroxylation sites is 1. The Bertz CT molecular complexity index is 1700. The van der Waals surface area contributed by atoms with E-state index in [4.69, 9.17) is 79.1 Å². The van der Waals surface area contributed by atoms with Crippen molar-refractivity contribution in [2.45, 2.75) is 77.9 Å². The first kappa shape index (κ1) is 36.5. The summed E-state index contributed by atoms with van der Waals surface area (Å²) in [4.78, 5) is 8.88. The number of nitrogens with zero attached hydrogens (tertiary/aromatic N) is 2. The van der Waals surface area contributed by atoms with Gasteiger partial charge < -0.3 is 20.7 Å². The van der Waals surface area contributed by atoms with Crippen LogP contribution in [0.2, 0.25) is 5.02 Å². The van der Waals surface area contributed by atoms with E-state index in [2.05, 4.69) is 25.9 Å². The molecule has 3 N–H and O–H groups in total. The van der Waals surface area contributed by atoms with Crippen molar-refractivity contribution < 1.29 is 13.2 Å². The quantitative estimate of drug-likeness (QED) is 0.291. The molecule has 1 aliphatic rings. The molecule has 8 nitrogen and oxygen atoms in total. The molecule has 3 aromatic rings. The number of halogens is 1. The number of ether oxygens (including phenoxy) is 1. The van der Waals surface area contributed by atoms with Crippen molar-refractivity contribution in [2.75, 3.05) is 10.6 Å². The fourth-order valence-electron chi connectivity index (χ4n) is 5.25. The molecule has 16 radical (unpaired) electrons. The summed E-state index contributed by atoms with van der Waals surface area (Å²) in [6, 6.07) is 9.69. The molecule has 1 aliphatic heterocycles. The highest BCUT2D eigenvalue weighted by Crippen LogP contribution is 2.43. The number of sulfone groups is 1. The second-order valence-electron chi connectivity index (χ2n) is 12.6. The van der Waals surface area contributed by atoms with Gasteiger partial charge in [0.25, 0.3) is 0 Å². The van der Waals surface area contributed by atoms with Crippen LogP contribution >= 0.6 is 11.6 Å². The average molecular weight is 637 g/mol. The van der Waals surface area contributed by atoms with Crippen molar-refractivity contribution in [3.63, 3.8) is 0 Å². The summed E-state index contributed by atoms with van der Waals surface area (Å²) in [6.07, 6.45) is 1.75.